The van der Waals surface area contributed by atoms with Crippen LogP contribution >= 0.6 is 0 Å². The highest BCUT2D eigenvalue weighted by Gasteiger charge is 2.18. The number of piperazine rings is 1. The van der Waals surface area contributed by atoms with E-state index in [1.54, 1.807) is 4.90 Å². The molecule has 0 aromatic carbocycles. The highest BCUT2D eigenvalue weighted by molar-refractivity contribution is 5.79. The van der Waals surface area contributed by atoms with Crippen molar-refractivity contribution in [1.82, 2.24) is 15.1 Å². The third kappa shape index (κ3) is 4.26. The van der Waals surface area contributed by atoms with E-state index in [4.69, 9.17) is 5.11 Å². The lowest BCUT2D eigenvalue weighted by Gasteiger charge is -2.32. The van der Waals surface area contributed by atoms with Crippen molar-refractivity contribution in [3.8, 4) is 0 Å². The number of likely N-dealkylation sites (N-methyl/N-ethyl adjacent to an activating group) is 1. The monoisotopic (exact) mass is 215 g/mol. The fourth-order valence-corrected chi connectivity index (χ4v) is 1.44. The van der Waals surface area contributed by atoms with Gasteiger partial charge in [-0.1, -0.05) is 0 Å². The summed E-state index contributed by atoms with van der Waals surface area (Å²) in [6, 6.07) is 0. The number of amides is 1. The van der Waals surface area contributed by atoms with Crippen LogP contribution in [0.1, 0.15) is 0 Å². The third-order valence-electron chi connectivity index (χ3n) is 2.41. The van der Waals surface area contributed by atoms with E-state index in [0.717, 1.165) is 26.2 Å². The van der Waals surface area contributed by atoms with Crippen LogP contribution < -0.4 is 5.32 Å². The van der Waals surface area contributed by atoms with E-state index < -0.39 is 5.97 Å². The fraction of sp³-hybridized carbons (Fsp3) is 0.778. The Morgan fingerprint density at radius 3 is 2.33 bits per heavy atom. The molecule has 1 fully saturated rings. The van der Waals surface area contributed by atoms with Gasteiger partial charge in [-0.15, -0.1) is 0 Å². The molecule has 1 amide bonds. The maximum atomic E-state index is 11.5. The number of carboxylic acids is 1. The van der Waals surface area contributed by atoms with Gasteiger partial charge in [0.2, 0.25) is 5.91 Å². The molecule has 1 aliphatic heterocycles. The minimum atomic E-state index is -0.943. The van der Waals surface area contributed by atoms with Gasteiger partial charge in [0.15, 0.2) is 0 Å². The Bertz CT molecular complexity index is 237. The molecule has 0 atom stereocenters. The van der Waals surface area contributed by atoms with Crippen LogP contribution in [0.3, 0.4) is 0 Å². The minimum Gasteiger partial charge on any atom is -0.480 e. The standard InChI is InChI=1S/C9H17N3O3/c1-11-2-4-12(5-3-11)8(13)6-10-7-9(14)15/h10H,2-7H2,1H3,(H,14,15). The lowest BCUT2D eigenvalue weighted by atomic mass is 10.3. The second kappa shape index (κ2) is 5.67. The first-order valence-corrected chi connectivity index (χ1v) is 4.98. The van der Waals surface area contributed by atoms with E-state index in [1.165, 1.54) is 0 Å². The molecule has 0 unspecified atom stereocenters. The molecular weight excluding hydrogens is 198 g/mol. The van der Waals surface area contributed by atoms with E-state index in [2.05, 4.69) is 10.2 Å². The van der Waals surface area contributed by atoms with Gasteiger partial charge < -0.3 is 14.9 Å². The summed E-state index contributed by atoms with van der Waals surface area (Å²) in [5.74, 6) is -0.967. The van der Waals surface area contributed by atoms with Crippen LogP contribution in [0.25, 0.3) is 0 Å². The van der Waals surface area contributed by atoms with Crippen LogP contribution in [-0.2, 0) is 9.59 Å². The van der Waals surface area contributed by atoms with Gasteiger partial charge in [-0.05, 0) is 7.05 Å². The summed E-state index contributed by atoms with van der Waals surface area (Å²) in [4.78, 5) is 25.7. The summed E-state index contributed by atoms with van der Waals surface area (Å²) >= 11 is 0. The van der Waals surface area contributed by atoms with Crippen molar-refractivity contribution in [2.75, 3.05) is 46.3 Å². The van der Waals surface area contributed by atoms with Gasteiger partial charge in [-0.2, -0.15) is 0 Å². The highest BCUT2D eigenvalue weighted by atomic mass is 16.4. The molecule has 2 N–H and O–H groups in total. The Hall–Kier alpha value is -1.14. The molecule has 15 heavy (non-hydrogen) atoms. The van der Waals surface area contributed by atoms with Crippen molar-refractivity contribution in [1.29, 1.82) is 0 Å². The van der Waals surface area contributed by atoms with Crippen molar-refractivity contribution in [3.05, 3.63) is 0 Å². The molecule has 0 saturated carbocycles. The molecule has 1 rings (SSSR count). The maximum absolute atomic E-state index is 11.5. The van der Waals surface area contributed by atoms with Gasteiger partial charge in [-0.25, -0.2) is 0 Å². The molecule has 1 saturated heterocycles. The zero-order valence-electron chi connectivity index (χ0n) is 8.90. The lowest BCUT2D eigenvalue weighted by Crippen LogP contribution is -2.49. The van der Waals surface area contributed by atoms with E-state index in [-0.39, 0.29) is 19.0 Å². The first-order chi connectivity index (χ1) is 7.09. The highest BCUT2D eigenvalue weighted by Crippen LogP contribution is 1.98. The summed E-state index contributed by atoms with van der Waals surface area (Å²) in [6.45, 7) is 3.15. The molecule has 6 heteroatoms. The van der Waals surface area contributed by atoms with E-state index in [9.17, 15) is 9.59 Å². The average Bonchev–Trinajstić information content (AvgIpc) is 2.18. The molecular formula is C9H17N3O3. The molecule has 0 aromatic heterocycles. The molecule has 86 valence electrons. The quantitative estimate of drug-likeness (QED) is 0.593. The topological polar surface area (TPSA) is 72.9 Å². The molecule has 0 spiro atoms. The summed E-state index contributed by atoms with van der Waals surface area (Å²) in [5.41, 5.74) is 0. The van der Waals surface area contributed by atoms with Gasteiger partial charge in [0.05, 0.1) is 13.1 Å². The van der Waals surface area contributed by atoms with E-state index in [1.807, 2.05) is 7.05 Å². The largest absolute Gasteiger partial charge is 0.480 e. The molecule has 0 radical (unpaired) electrons. The second-order valence-corrected chi connectivity index (χ2v) is 3.68. The summed E-state index contributed by atoms with van der Waals surface area (Å²) in [5, 5.41) is 11.0. The Labute approximate surface area is 88.8 Å². The van der Waals surface area contributed by atoms with Crippen molar-refractivity contribution < 1.29 is 14.7 Å². The summed E-state index contributed by atoms with van der Waals surface area (Å²) < 4.78 is 0. The van der Waals surface area contributed by atoms with Crippen LogP contribution in [0, 0.1) is 0 Å². The maximum Gasteiger partial charge on any atom is 0.317 e. The van der Waals surface area contributed by atoms with E-state index in [0.29, 0.717) is 0 Å². The minimum absolute atomic E-state index is 0.0237. The first-order valence-electron chi connectivity index (χ1n) is 4.98. The van der Waals surface area contributed by atoms with Crippen LogP contribution in [0.2, 0.25) is 0 Å². The molecule has 1 heterocycles. The first kappa shape index (κ1) is 11.9. The van der Waals surface area contributed by atoms with Crippen molar-refractivity contribution in [2.24, 2.45) is 0 Å². The average molecular weight is 215 g/mol. The Morgan fingerprint density at radius 2 is 1.80 bits per heavy atom. The Balaban J connectivity index is 2.19. The fourth-order valence-electron chi connectivity index (χ4n) is 1.44. The van der Waals surface area contributed by atoms with Crippen LogP contribution in [0.15, 0.2) is 0 Å². The van der Waals surface area contributed by atoms with Gasteiger partial charge in [0.1, 0.15) is 0 Å². The predicted molar refractivity (Wildman–Crippen MR) is 54.6 cm³/mol. The molecule has 1 aliphatic rings. The van der Waals surface area contributed by atoms with Crippen molar-refractivity contribution >= 4 is 11.9 Å². The number of nitrogens with zero attached hydrogens (tertiary/aromatic N) is 2. The van der Waals surface area contributed by atoms with E-state index >= 15 is 0 Å². The molecule has 0 aromatic rings. The molecule has 6 nitrogen and oxygen atoms in total. The van der Waals surface area contributed by atoms with Gasteiger partial charge in [0, 0.05) is 26.2 Å². The van der Waals surface area contributed by atoms with Crippen LogP contribution in [0.5, 0.6) is 0 Å². The molecule has 0 aliphatic carbocycles. The van der Waals surface area contributed by atoms with Crippen molar-refractivity contribution in [2.45, 2.75) is 0 Å². The number of hydrogen-bond donors (Lipinski definition) is 2. The van der Waals surface area contributed by atoms with Gasteiger partial charge in [0.25, 0.3) is 0 Å². The number of carboxylic acid groups (broad SMARTS) is 1. The summed E-state index contributed by atoms with van der Waals surface area (Å²) in [7, 11) is 2.02. The number of nitrogens with one attached hydrogen (secondary N) is 1. The Kier molecular flexibility index (Phi) is 4.51. The van der Waals surface area contributed by atoms with Crippen molar-refractivity contribution in [3.63, 3.8) is 0 Å². The SMILES string of the molecule is CN1CCN(C(=O)CNCC(=O)O)CC1. The number of carbonyl (C=O) groups is 2. The third-order valence-corrected chi connectivity index (χ3v) is 2.41. The number of hydrogen-bond acceptors (Lipinski definition) is 4. The number of carbonyl (C=O) groups excluding carboxylic acids is 1. The smallest absolute Gasteiger partial charge is 0.317 e. The number of aliphatic carboxylic acids is 1. The predicted octanol–water partition coefficient (Wildman–Crippen LogP) is -1.57. The summed E-state index contributed by atoms with van der Waals surface area (Å²) in [6.07, 6.45) is 0. The zero-order valence-corrected chi connectivity index (χ0v) is 8.90. The van der Waals surface area contributed by atoms with Gasteiger partial charge >= 0.3 is 5.97 Å². The number of rotatable bonds is 4. The zero-order chi connectivity index (χ0) is 11.3. The Morgan fingerprint density at radius 1 is 1.20 bits per heavy atom. The molecule has 0 bridgehead atoms. The lowest BCUT2D eigenvalue weighted by molar-refractivity contribution is -0.136. The van der Waals surface area contributed by atoms with Crippen LogP contribution in [0.4, 0.5) is 0 Å². The van der Waals surface area contributed by atoms with Gasteiger partial charge in [-0.3, -0.25) is 14.9 Å². The van der Waals surface area contributed by atoms with Crippen LogP contribution in [-0.4, -0.2) is 73.1 Å². The second-order valence-electron chi connectivity index (χ2n) is 3.68. The normalized spacial score (nSPS) is 17.8.